The molecule has 8 heteroatoms. The minimum absolute atomic E-state index is 0.0933. The first-order valence-corrected chi connectivity index (χ1v) is 10.6. The van der Waals surface area contributed by atoms with Crippen molar-refractivity contribution in [2.45, 2.75) is 45.2 Å². The van der Waals surface area contributed by atoms with Crippen molar-refractivity contribution in [1.82, 2.24) is 15.1 Å². The highest BCUT2D eigenvalue weighted by molar-refractivity contribution is 6.18. The molecule has 0 radical (unpaired) electrons. The van der Waals surface area contributed by atoms with E-state index in [1.807, 2.05) is 6.92 Å². The van der Waals surface area contributed by atoms with E-state index in [9.17, 15) is 14.7 Å². The average Bonchev–Trinajstić information content (AvgIpc) is 2.72. The molecule has 0 spiro atoms. The van der Waals surface area contributed by atoms with Crippen molar-refractivity contribution >= 4 is 23.7 Å². The molecule has 7 nitrogen and oxygen atoms in total. The molecule has 0 aromatic heterocycles. The van der Waals surface area contributed by atoms with Crippen molar-refractivity contribution in [3.8, 4) is 0 Å². The van der Waals surface area contributed by atoms with Crippen LogP contribution in [0.5, 0.6) is 0 Å². The van der Waals surface area contributed by atoms with Gasteiger partial charge >= 0.3 is 12.1 Å². The van der Waals surface area contributed by atoms with E-state index in [2.05, 4.69) is 31.3 Å². The van der Waals surface area contributed by atoms with Gasteiger partial charge in [-0.1, -0.05) is 26.0 Å². The third-order valence-corrected chi connectivity index (χ3v) is 6.51. The van der Waals surface area contributed by atoms with Crippen molar-refractivity contribution in [2.75, 3.05) is 38.7 Å². The zero-order valence-corrected chi connectivity index (χ0v) is 18.1. The Morgan fingerprint density at radius 1 is 1.34 bits per heavy atom. The number of fused-ring (bicyclic) bond motifs is 1. The third-order valence-electron chi connectivity index (χ3n) is 5.84. The Balaban J connectivity index is 2.08. The molecule has 2 aliphatic rings. The van der Waals surface area contributed by atoms with Crippen molar-refractivity contribution in [1.29, 1.82) is 0 Å². The SMILES string of the molecule is CCNC(=O)N1CCc2cc(C(C)(C)CCl)cc([C@@H]3COCCN3C(=O)O)c2C1. The van der Waals surface area contributed by atoms with Gasteiger partial charge in [-0.05, 0) is 35.6 Å². The highest BCUT2D eigenvalue weighted by Crippen LogP contribution is 2.37. The first-order valence-electron chi connectivity index (χ1n) is 10.1. The number of alkyl halides is 1. The van der Waals surface area contributed by atoms with Crippen molar-refractivity contribution in [3.05, 3.63) is 34.4 Å². The van der Waals surface area contributed by atoms with Gasteiger partial charge in [0.2, 0.25) is 0 Å². The summed E-state index contributed by atoms with van der Waals surface area (Å²) in [5.74, 6) is 0.458. The molecule has 2 aliphatic heterocycles. The van der Waals surface area contributed by atoms with Gasteiger partial charge in [0, 0.05) is 37.5 Å². The molecule has 1 saturated heterocycles. The maximum atomic E-state index is 12.4. The van der Waals surface area contributed by atoms with Gasteiger partial charge in [0.05, 0.1) is 19.3 Å². The number of benzene rings is 1. The summed E-state index contributed by atoms with van der Waals surface area (Å²) in [5.41, 5.74) is 3.95. The van der Waals surface area contributed by atoms with Gasteiger partial charge in [-0.2, -0.15) is 0 Å². The molecule has 1 atom stereocenters. The Kier molecular flexibility index (Phi) is 6.58. The molecule has 0 saturated carbocycles. The van der Waals surface area contributed by atoms with E-state index in [1.165, 1.54) is 4.90 Å². The van der Waals surface area contributed by atoms with Crippen LogP contribution in [0, 0.1) is 0 Å². The minimum atomic E-state index is -0.953. The topological polar surface area (TPSA) is 82.1 Å². The number of morpholine rings is 1. The quantitative estimate of drug-likeness (QED) is 0.727. The van der Waals surface area contributed by atoms with E-state index < -0.39 is 12.1 Å². The molecule has 2 heterocycles. The Labute approximate surface area is 176 Å². The summed E-state index contributed by atoms with van der Waals surface area (Å²) in [7, 11) is 0. The van der Waals surface area contributed by atoms with Crippen LogP contribution in [0.4, 0.5) is 9.59 Å². The standard InChI is InChI=1S/C21H30ClN3O4/c1-4-23-19(26)24-6-5-14-9-15(21(2,3)13-22)10-16(17(14)11-24)18-12-29-8-7-25(18)20(27)28/h9-10,18H,4-8,11-13H2,1-3H3,(H,23,26)(H,27,28)/t18-/m0/s1. The fourth-order valence-corrected chi connectivity index (χ4v) is 4.14. The van der Waals surface area contributed by atoms with Crippen LogP contribution < -0.4 is 5.32 Å². The molecule has 1 aromatic rings. The average molecular weight is 424 g/mol. The lowest BCUT2D eigenvalue weighted by Gasteiger charge is -2.39. The number of nitrogens with one attached hydrogen (secondary N) is 1. The smallest absolute Gasteiger partial charge is 0.407 e. The Bertz CT molecular complexity index is 783. The number of carboxylic acid groups (broad SMARTS) is 1. The summed E-state index contributed by atoms with van der Waals surface area (Å²) in [6.45, 7) is 8.76. The summed E-state index contributed by atoms with van der Waals surface area (Å²) in [5, 5.41) is 12.6. The Morgan fingerprint density at radius 3 is 2.76 bits per heavy atom. The second kappa shape index (κ2) is 8.79. The number of halogens is 1. The van der Waals surface area contributed by atoms with Gasteiger partial charge in [0.25, 0.3) is 0 Å². The van der Waals surface area contributed by atoms with E-state index >= 15 is 0 Å². The number of amides is 3. The third kappa shape index (κ3) is 4.46. The number of carbonyl (C=O) groups excluding carboxylic acids is 1. The van der Waals surface area contributed by atoms with E-state index in [0.717, 1.165) is 28.7 Å². The fourth-order valence-electron chi connectivity index (χ4n) is 3.99. The molecule has 160 valence electrons. The number of ether oxygens (including phenoxy) is 1. The van der Waals surface area contributed by atoms with Gasteiger partial charge in [-0.3, -0.25) is 4.90 Å². The lowest BCUT2D eigenvalue weighted by molar-refractivity contribution is -0.00145. The van der Waals surface area contributed by atoms with Crippen LogP contribution >= 0.6 is 11.6 Å². The number of hydrogen-bond donors (Lipinski definition) is 2. The second-order valence-corrected chi connectivity index (χ2v) is 8.56. The normalized spacial score (nSPS) is 19.7. The fraction of sp³-hybridized carbons (Fsp3) is 0.619. The van der Waals surface area contributed by atoms with Crippen LogP contribution in [0.25, 0.3) is 0 Å². The molecule has 29 heavy (non-hydrogen) atoms. The number of carbonyl (C=O) groups is 2. The molecule has 3 rings (SSSR count). The van der Waals surface area contributed by atoms with Crippen LogP contribution in [0.15, 0.2) is 12.1 Å². The lowest BCUT2D eigenvalue weighted by Crippen LogP contribution is -2.45. The lowest BCUT2D eigenvalue weighted by atomic mass is 9.80. The number of nitrogens with zero attached hydrogens (tertiary/aromatic N) is 2. The zero-order valence-electron chi connectivity index (χ0n) is 17.3. The van der Waals surface area contributed by atoms with E-state index in [4.69, 9.17) is 16.3 Å². The predicted molar refractivity (Wildman–Crippen MR) is 112 cm³/mol. The molecular formula is C21H30ClN3O4. The van der Waals surface area contributed by atoms with Gasteiger partial charge in [0.1, 0.15) is 0 Å². The van der Waals surface area contributed by atoms with Crippen molar-refractivity contribution in [2.24, 2.45) is 0 Å². The molecule has 0 bridgehead atoms. The molecular weight excluding hydrogens is 394 g/mol. The van der Waals surface area contributed by atoms with E-state index in [0.29, 0.717) is 45.3 Å². The largest absolute Gasteiger partial charge is 0.465 e. The minimum Gasteiger partial charge on any atom is -0.465 e. The maximum absolute atomic E-state index is 12.4. The predicted octanol–water partition coefficient (Wildman–Crippen LogP) is 3.34. The van der Waals surface area contributed by atoms with Crippen LogP contribution in [0.2, 0.25) is 0 Å². The van der Waals surface area contributed by atoms with Gasteiger partial charge in [-0.15, -0.1) is 11.6 Å². The van der Waals surface area contributed by atoms with Gasteiger partial charge in [0.15, 0.2) is 0 Å². The summed E-state index contributed by atoms with van der Waals surface area (Å²) in [6, 6.07) is 3.75. The number of urea groups is 1. The highest BCUT2D eigenvalue weighted by Gasteiger charge is 2.34. The molecule has 0 aliphatic carbocycles. The summed E-state index contributed by atoms with van der Waals surface area (Å²) >= 11 is 6.24. The molecule has 2 N–H and O–H groups in total. The van der Waals surface area contributed by atoms with Crippen LogP contribution in [-0.4, -0.2) is 65.8 Å². The summed E-state index contributed by atoms with van der Waals surface area (Å²) < 4.78 is 5.65. The number of rotatable bonds is 4. The van der Waals surface area contributed by atoms with E-state index in [1.54, 1.807) is 4.90 Å². The molecule has 0 unspecified atom stereocenters. The summed E-state index contributed by atoms with van der Waals surface area (Å²) in [6.07, 6.45) is -0.225. The highest BCUT2D eigenvalue weighted by atomic mass is 35.5. The second-order valence-electron chi connectivity index (χ2n) is 8.29. The van der Waals surface area contributed by atoms with Crippen LogP contribution in [0.3, 0.4) is 0 Å². The van der Waals surface area contributed by atoms with Crippen LogP contribution in [-0.2, 0) is 23.1 Å². The monoisotopic (exact) mass is 423 g/mol. The Morgan fingerprint density at radius 2 is 2.10 bits per heavy atom. The first-order chi connectivity index (χ1) is 13.8. The van der Waals surface area contributed by atoms with Crippen LogP contribution in [0.1, 0.15) is 49.1 Å². The number of hydrogen-bond acceptors (Lipinski definition) is 3. The van der Waals surface area contributed by atoms with Gasteiger partial charge in [-0.25, -0.2) is 9.59 Å². The van der Waals surface area contributed by atoms with E-state index in [-0.39, 0.29) is 11.4 Å². The summed E-state index contributed by atoms with van der Waals surface area (Å²) in [4.78, 5) is 27.5. The molecule has 1 aromatic carbocycles. The first kappa shape index (κ1) is 21.7. The van der Waals surface area contributed by atoms with Gasteiger partial charge < -0.3 is 20.1 Å². The molecule has 1 fully saturated rings. The van der Waals surface area contributed by atoms with Crippen molar-refractivity contribution < 1.29 is 19.4 Å². The molecule has 3 amide bonds. The Hall–Kier alpha value is -1.99. The zero-order chi connectivity index (χ0) is 21.2. The maximum Gasteiger partial charge on any atom is 0.407 e. The van der Waals surface area contributed by atoms with Crippen molar-refractivity contribution in [3.63, 3.8) is 0 Å².